The van der Waals surface area contributed by atoms with Crippen LogP contribution in [0.5, 0.6) is 11.5 Å². The van der Waals surface area contributed by atoms with Gasteiger partial charge in [0.2, 0.25) is 0 Å². The molecule has 43 heavy (non-hydrogen) atoms. The highest BCUT2D eigenvalue weighted by Gasteiger charge is 2.31. The summed E-state index contributed by atoms with van der Waals surface area (Å²) in [4.78, 5) is 7.52. The number of aliphatic imine (C=N–C) groups is 2. The third-order valence-corrected chi connectivity index (χ3v) is 7.77. The lowest BCUT2D eigenvalue weighted by atomic mass is 9.73. The van der Waals surface area contributed by atoms with Crippen LogP contribution in [0, 0.1) is 5.92 Å². The summed E-state index contributed by atoms with van der Waals surface area (Å²) in [5.74, 6) is 1.20. The van der Waals surface area contributed by atoms with Crippen LogP contribution in [0.3, 0.4) is 0 Å². The molecule has 244 valence electrons. The van der Waals surface area contributed by atoms with E-state index < -0.39 is 0 Å². The molecular weight excluding hydrogens is 718 g/mol. The van der Waals surface area contributed by atoms with Gasteiger partial charge in [0.1, 0.15) is 11.5 Å². The molecule has 0 saturated carbocycles. The Morgan fingerprint density at radius 2 is 1.79 bits per heavy atom. The average molecular weight is 770 g/mol. The Kier molecular flexibility index (Phi) is 27.8. The van der Waals surface area contributed by atoms with Crippen molar-refractivity contribution in [2.45, 2.75) is 84.9 Å². The zero-order valence-electron chi connectivity index (χ0n) is 27.5. The summed E-state index contributed by atoms with van der Waals surface area (Å²) in [6.45, 7) is 11.5. The van der Waals surface area contributed by atoms with Crippen molar-refractivity contribution in [3.8, 4) is 11.5 Å². The molecule has 0 heterocycles. The van der Waals surface area contributed by atoms with Crippen molar-refractivity contribution >= 4 is 73.6 Å². The molecule has 0 fully saturated rings. The molecule has 2 rings (SSSR count). The molecule has 1 aliphatic rings. The average Bonchev–Trinajstić information content (AvgIpc) is 2.98. The third-order valence-electron chi connectivity index (χ3n) is 6.31. The van der Waals surface area contributed by atoms with Gasteiger partial charge in [0, 0.05) is 44.2 Å². The second kappa shape index (κ2) is 28.5. The minimum Gasteiger partial charge on any atom is -0.507 e. The van der Waals surface area contributed by atoms with E-state index in [-0.39, 0.29) is 35.1 Å². The number of unbranched alkanes of at least 4 members (excludes halogenated alkanes) is 2. The number of phenolic OH excluding ortho intramolecular Hbond substituents is 1. The number of ether oxygens (including phenoxy) is 2. The number of aryl methyl sites for hydroxylation is 1. The van der Waals surface area contributed by atoms with Crippen molar-refractivity contribution in [1.29, 1.82) is 0 Å². The van der Waals surface area contributed by atoms with Gasteiger partial charge in [-0.25, -0.2) is 4.99 Å². The Morgan fingerprint density at radius 1 is 1.16 bits per heavy atom. The smallest absolute Gasteiger partial charge is 0.388 e. The highest BCUT2D eigenvalue weighted by atomic mass is 79.9. The van der Waals surface area contributed by atoms with Crippen LogP contribution >= 0.6 is 55.1 Å². The second-order valence-electron chi connectivity index (χ2n) is 9.73. The number of rotatable bonds is 12. The Hall–Kier alpha value is -0.995. The predicted octanol–water partition coefficient (Wildman–Crippen LogP) is 9.72. The summed E-state index contributed by atoms with van der Waals surface area (Å²) in [5.41, 5.74) is 4.34. The SMILES string of the molecule is C=C(C)[C@@H]1CCC(C)=C[C@H]1c1c(O)cc(CCCCC)cc1OC(=NC)OCCCBr.CN=C(Cl)Cl.OCCCBr.[2H]C[B]. The van der Waals surface area contributed by atoms with Crippen molar-refractivity contribution in [1.82, 2.24) is 0 Å². The number of aromatic hydroxyl groups is 1. The van der Waals surface area contributed by atoms with Gasteiger partial charge in [-0.15, -0.1) is 0 Å². The molecule has 0 spiro atoms. The number of benzene rings is 1. The number of phenols is 1. The molecule has 0 aromatic heterocycles. The number of aliphatic hydroxyl groups is 1. The van der Waals surface area contributed by atoms with Gasteiger partial charge in [-0.2, -0.15) is 0 Å². The van der Waals surface area contributed by atoms with Crippen LogP contribution in [-0.4, -0.2) is 66.7 Å². The van der Waals surface area contributed by atoms with E-state index in [1.54, 1.807) is 7.05 Å². The van der Waals surface area contributed by atoms with Gasteiger partial charge in [0.15, 0.2) is 4.63 Å². The van der Waals surface area contributed by atoms with Gasteiger partial charge in [-0.3, -0.25) is 4.99 Å². The summed E-state index contributed by atoms with van der Waals surface area (Å²) in [6.07, 6.45) is 10.6. The molecule has 1 aromatic rings. The molecule has 2 N–H and O–H groups in total. The first-order valence-electron chi connectivity index (χ1n) is 15.2. The van der Waals surface area contributed by atoms with Crippen LogP contribution in [0.15, 0.2) is 45.9 Å². The maximum Gasteiger partial charge on any atom is 0.388 e. The van der Waals surface area contributed by atoms with Crippen LogP contribution in [0.4, 0.5) is 0 Å². The van der Waals surface area contributed by atoms with Crippen LogP contribution in [-0.2, 0) is 11.2 Å². The van der Waals surface area contributed by atoms with Crippen LogP contribution in [0.25, 0.3) is 0 Å². The lowest BCUT2D eigenvalue weighted by molar-refractivity contribution is 0.234. The van der Waals surface area contributed by atoms with Crippen LogP contribution in [0.1, 0.15) is 84.1 Å². The highest BCUT2D eigenvalue weighted by molar-refractivity contribution is 9.09. The van der Waals surface area contributed by atoms with Gasteiger partial charge < -0.3 is 19.7 Å². The molecule has 0 unspecified atom stereocenters. The molecule has 0 aliphatic heterocycles. The zero-order chi connectivity index (χ0) is 33.9. The summed E-state index contributed by atoms with van der Waals surface area (Å²) in [6, 6.07) is 3.95. The van der Waals surface area contributed by atoms with E-state index in [1.165, 1.54) is 12.6 Å². The minimum absolute atomic E-state index is 0. The fourth-order valence-corrected chi connectivity index (χ4v) is 4.70. The summed E-state index contributed by atoms with van der Waals surface area (Å²) >= 11 is 16.5. The molecule has 11 heteroatoms. The number of halogens is 4. The van der Waals surface area contributed by atoms with Crippen molar-refractivity contribution in [3.05, 3.63) is 47.1 Å². The van der Waals surface area contributed by atoms with E-state index >= 15 is 0 Å². The normalized spacial score (nSPS) is 16.0. The number of allylic oxidation sites excluding steroid dienone is 3. The molecule has 0 saturated heterocycles. The van der Waals surface area contributed by atoms with Gasteiger partial charge in [-0.1, -0.05) is 82.2 Å². The number of alkyl halides is 2. The first-order valence-corrected chi connectivity index (χ1v) is 17.5. The maximum atomic E-state index is 11.1. The lowest BCUT2D eigenvalue weighted by Crippen LogP contribution is -2.20. The topological polar surface area (TPSA) is 83.6 Å². The van der Waals surface area contributed by atoms with Gasteiger partial charge in [0.05, 0.1) is 14.5 Å². The van der Waals surface area contributed by atoms with Crippen molar-refractivity contribution in [2.75, 3.05) is 38.0 Å². The van der Waals surface area contributed by atoms with E-state index in [0.717, 1.165) is 78.7 Å². The summed E-state index contributed by atoms with van der Waals surface area (Å²) < 4.78 is 18.0. The van der Waals surface area contributed by atoms with E-state index in [4.69, 9.17) is 39.2 Å². The first-order chi connectivity index (χ1) is 21.0. The predicted molar refractivity (Wildman–Crippen MR) is 196 cm³/mol. The molecule has 6 nitrogen and oxygen atoms in total. The molecule has 1 aromatic carbocycles. The van der Waals surface area contributed by atoms with E-state index in [2.05, 4.69) is 89.2 Å². The standard InChI is InChI=1S/C26H38BrNO3.C3H7BrO.C2H3Cl2N.CH3B/c1-6-7-8-10-20-16-23(29)25(22-15-19(4)11-12-21(22)18(2)3)24(17-20)31-26(28-5)30-14-9-13-27;4-2-1-3-5;1-5-2(3)4;1-2/h15-17,21-22,29H,2,6-14H2,1,3-5H3;5H,1-3H2;1H3;1H3/t21-,22+;;;/m0.../s1/i;;;1D. The van der Waals surface area contributed by atoms with Crippen LogP contribution in [0.2, 0.25) is 6.80 Å². The third kappa shape index (κ3) is 19.9. The van der Waals surface area contributed by atoms with E-state index in [9.17, 15) is 5.11 Å². The number of hydrogen-bond donors (Lipinski definition) is 2. The molecule has 1 aliphatic carbocycles. The zero-order valence-corrected chi connectivity index (χ0v) is 31.2. The molecule has 2 radical (unpaired) electrons. The second-order valence-corrected chi connectivity index (χ2v) is 12.2. The summed E-state index contributed by atoms with van der Waals surface area (Å²) in [7, 11) is 7.70. The quantitative estimate of drug-likeness (QED) is 0.0554. The molecule has 0 amide bonds. The fourth-order valence-electron chi connectivity index (χ4n) is 4.22. The van der Waals surface area contributed by atoms with Gasteiger partial charge in [-0.05, 0) is 99.2 Å². The van der Waals surface area contributed by atoms with Crippen LogP contribution < -0.4 is 4.74 Å². The van der Waals surface area contributed by atoms with E-state index in [1.807, 2.05) is 6.07 Å². The Morgan fingerprint density at radius 3 is 2.26 bits per heavy atom. The largest absolute Gasteiger partial charge is 0.507 e. The Balaban J connectivity index is 0. The van der Waals surface area contributed by atoms with Crippen molar-refractivity contribution in [3.63, 3.8) is 0 Å². The monoisotopic (exact) mass is 767 g/mol. The number of aliphatic hydroxyl groups excluding tert-OH is 1. The molecule has 0 bridgehead atoms. The molecule has 2 atom stereocenters. The Bertz CT molecular complexity index is 1010. The van der Waals surface area contributed by atoms with Gasteiger partial charge in [0.25, 0.3) is 0 Å². The minimum atomic E-state index is 0. The lowest BCUT2D eigenvalue weighted by Gasteiger charge is -2.32. The highest BCUT2D eigenvalue weighted by Crippen LogP contribution is 2.47. The number of nitrogens with zero attached hydrogens (tertiary/aromatic N) is 2. The van der Waals surface area contributed by atoms with Gasteiger partial charge >= 0.3 is 6.08 Å². The first kappa shape index (κ1) is 42.0. The van der Waals surface area contributed by atoms with Crippen molar-refractivity contribution in [2.24, 2.45) is 15.9 Å². The fraction of sp³-hybridized carbons (Fsp3) is 0.625. The molecular formula is C32H51BBr2Cl2N2O4. The van der Waals surface area contributed by atoms with Crippen molar-refractivity contribution < 1.29 is 21.1 Å². The van der Waals surface area contributed by atoms with E-state index in [0.29, 0.717) is 19.0 Å². The Labute approximate surface area is 290 Å². The summed E-state index contributed by atoms with van der Waals surface area (Å²) in [5, 5.41) is 20.9. The number of hydrogen-bond acceptors (Lipinski definition) is 6. The maximum absolute atomic E-state index is 11.1.